The Kier molecular flexibility index (Phi) is 6.08. The molecule has 1 saturated heterocycles. The standard InChI is InChI=1S/C21H26N4O2/c22-18-6-4-15(5-7-18)13-20(26)24-19-3-1-2-16(12-19)14-25-10-8-17(9-11-25)21(23)27/h1-7,12,17H,8-11,13-14,22H2,(H2,23,27)(H,24,26). The molecule has 0 spiro atoms. The molecule has 1 fully saturated rings. The number of benzene rings is 2. The highest BCUT2D eigenvalue weighted by atomic mass is 16.2. The SMILES string of the molecule is NC(=O)C1CCN(Cc2cccc(NC(=O)Cc3ccc(N)cc3)c2)CC1. The number of hydrogen-bond acceptors (Lipinski definition) is 4. The molecular weight excluding hydrogens is 340 g/mol. The molecule has 0 aliphatic carbocycles. The van der Waals surface area contributed by atoms with Crippen molar-refractivity contribution in [1.29, 1.82) is 0 Å². The fourth-order valence-electron chi connectivity index (χ4n) is 3.41. The molecule has 142 valence electrons. The van der Waals surface area contributed by atoms with Crippen LogP contribution in [0, 0.1) is 5.92 Å². The summed E-state index contributed by atoms with van der Waals surface area (Å²) in [6.07, 6.45) is 1.94. The van der Waals surface area contributed by atoms with Crippen molar-refractivity contribution in [2.75, 3.05) is 24.1 Å². The van der Waals surface area contributed by atoms with E-state index in [0.29, 0.717) is 12.1 Å². The lowest BCUT2D eigenvalue weighted by atomic mass is 9.96. The first kappa shape index (κ1) is 18.9. The molecule has 27 heavy (non-hydrogen) atoms. The fourth-order valence-corrected chi connectivity index (χ4v) is 3.41. The molecule has 0 bridgehead atoms. The highest BCUT2D eigenvalue weighted by Crippen LogP contribution is 2.20. The van der Waals surface area contributed by atoms with E-state index in [4.69, 9.17) is 11.5 Å². The van der Waals surface area contributed by atoms with Crippen LogP contribution >= 0.6 is 0 Å². The van der Waals surface area contributed by atoms with Gasteiger partial charge in [0.25, 0.3) is 0 Å². The largest absolute Gasteiger partial charge is 0.399 e. The first-order chi connectivity index (χ1) is 13.0. The maximum Gasteiger partial charge on any atom is 0.228 e. The molecule has 3 rings (SSSR count). The molecule has 1 aliphatic rings. The van der Waals surface area contributed by atoms with Crippen LogP contribution in [0.1, 0.15) is 24.0 Å². The molecule has 6 nitrogen and oxygen atoms in total. The normalized spacial score (nSPS) is 15.4. The summed E-state index contributed by atoms with van der Waals surface area (Å²) < 4.78 is 0. The van der Waals surface area contributed by atoms with E-state index < -0.39 is 0 Å². The van der Waals surface area contributed by atoms with Crippen molar-refractivity contribution < 1.29 is 9.59 Å². The molecule has 0 atom stereocenters. The summed E-state index contributed by atoms with van der Waals surface area (Å²) in [6.45, 7) is 2.52. The number of nitrogen functional groups attached to an aromatic ring is 1. The molecule has 2 amide bonds. The van der Waals surface area contributed by atoms with E-state index >= 15 is 0 Å². The Morgan fingerprint density at radius 1 is 1.04 bits per heavy atom. The van der Waals surface area contributed by atoms with Crippen molar-refractivity contribution in [3.8, 4) is 0 Å². The Morgan fingerprint density at radius 2 is 1.74 bits per heavy atom. The molecule has 0 unspecified atom stereocenters. The van der Waals surface area contributed by atoms with Crippen molar-refractivity contribution in [3.63, 3.8) is 0 Å². The number of rotatable bonds is 6. The molecule has 1 aliphatic heterocycles. The quantitative estimate of drug-likeness (QED) is 0.682. The van der Waals surface area contributed by atoms with Gasteiger partial charge in [0, 0.05) is 23.8 Å². The Labute approximate surface area is 159 Å². The van der Waals surface area contributed by atoms with Crippen LogP contribution in [0.3, 0.4) is 0 Å². The van der Waals surface area contributed by atoms with Gasteiger partial charge in [0.2, 0.25) is 11.8 Å². The second kappa shape index (κ2) is 8.68. The third-order valence-electron chi connectivity index (χ3n) is 4.95. The lowest BCUT2D eigenvalue weighted by Gasteiger charge is -2.30. The average molecular weight is 366 g/mol. The highest BCUT2D eigenvalue weighted by molar-refractivity contribution is 5.92. The monoisotopic (exact) mass is 366 g/mol. The number of anilines is 2. The fraction of sp³-hybridized carbons (Fsp3) is 0.333. The van der Waals surface area contributed by atoms with Crippen molar-refractivity contribution in [2.24, 2.45) is 11.7 Å². The van der Waals surface area contributed by atoms with Crippen LogP contribution < -0.4 is 16.8 Å². The zero-order valence-corrected chi connectivity index (χ0v) is 15.4. The zero-order valence-electron chi connectivity index (χ0n) is 15.4. The smallest absolute Gasteiger partial charge is 0.228 e. The first-order valence-electron chi connectivity index (χ1n) is 9.24. The van der Waals surface area contributed by atoms with Gasteiger partial charge in [-0.05, 0) is 61.3 Å². The van der Waals surface area contributed by atoms with E-state index in [9.17, 15) is 9.59 Å². The van der Waals surface area contributed by atoms with Crippen LogP contribution in [0.5, 0.6) is 0 Å². The van der Waals surface area contributed by atoms with Gasteiger partial charge in [-0.15, -0.1) is 0 Å². The summed E-state index contributed by atoms with van der Waals surface area (Å²) in [5.74, 6) is -0.250. The van der Waals surface area contributed by atoms with Gasteiger partial charge in [0.05, 0.1) is 6.42 Å². The molecule has 2 aromatic carbocycles. The molecule has 5 N–H and O–H groups in total. The molecule has 0 aromatic heterocycles. The number of amides is 2. The van der Waals surface area contributed by atoms with Crippen LogP contribution in [-0.2, 0) is 22.6 Å². The van der Waals surface area contributed by atoms with Crippen LogP contribution in [0.25, 0.3) is 0 Å². The Balaban J connectivity index is 1.53. The third kappa shape index (κ3) is 5.56. The number of hydrogen-bond donors (Lipinski definition) is 3. The van der Waals surface area contributed by atoms with Crippen LogP contribution in [-0.4, -0.2) is 29.8 Å². The summed E-state index contributed by atoms with van der Waals surface area (Å²) in [5, 5.41) is 2.95. The summed E-state index contributed by atoms with van der Waals surface area (Å²) in [5.41, 5.74) is 14.6. The molecular formula is C21H26N4O2. The lowest BCUT2D eigenvalue weighted by Crippen LogP contribution is -2.38. The Hall–Kier alpha value is -2.86. The molecule has 0 radical (unpaired) electrons. The number of primary amides is 1. The highest BCUT2D eigenvalue weighted by Gasteiger charge is 2.22. The average Bonchev–Trinajstić information content (AvgIpc) is 2.64. The number of nitrogens with one attached hydrogen (secondary N) is 1. The van der Waals surface area contributed by atoms with Gasteiger partial charge >= 0.3 is 0 Å². The summed E-state index contributed by atoms with van der Waals surface area (Å²) in [7, 11) is 0. The molecule has 1 heterocycles. The third-order valence-corrected chi connectivity index (χ3v) is 4.95. The van der Waals surface area contributed by atoms with Crippen molar-refractivity contribution >= 4 is 23.2 Å². The van der Waals surface area contributed by atoms with Gasteiger partial charge in [0.1, 0.15) is 0 Å². The molecule has 6 heteroatoms. The van der Waals surface area contributed by atoms with Crippen molar-refractivity contribution in [3.05, 3.63) is 59.7 Å². The van der Waals surface area contributed by atoms with Crippen LogP contribution in [0.4, 0.5) is 11.4 Å². The minimum absolute atomic E-state index is 0.000194. The van der Waals surface area contributed by atoms with Crippen molar-refractivity contribution in [2.45, 2.75) is 25.8 Å². The second-order valence-corrected chi connectivity index (χ2v) is 7.12. The zero-order chi connectivity index (χ0) is 19.2. The van der Waals surface area contributed by atoms with Gasteiger partial charge in [-0.1, -0.05) is 24.3 Å². The van der Waals surface area contributed by atoms with Crippen LogP contribution in [0.2, 0.25) is 0 Å². The number of carbonyl (C=O) groups excluding carboxylic acids is 2. The number of nitrogens with zero attached hydrogens (tertiary/aromatic N) is 1. The number of likely N-dealkylation sites (tertiary alicyclic amines) is 1. The van der Waals surface area contributed by atoms with Gasteiger partial charge < -0.3 is 16.8 Å². The summed E-state index contributed by atoms with van der Waals surface area (Å²) >= 11 is 0. The van der Waals surface area contributed by atoms with Crippen molar-refractivity contribution in [1.82, 2.24) is 4.90 Å². The van der Waals surface area contributed by atoms with E-state index in [0.717, 1.165) is 49.3 Å². The lowest BCUT2D eigenvalue weighted by molar-refractivity contribution is -0.123. The topological polar surface area (TPSA) is 101 Å². The minimum Gasteiger partial charge on any atom is -0.399 e. The number of nitrogens with two attached hydrogens (primary N) is 2. The second-order valence-electron chi connectivity index (χ2n) is 7.12. The Morgan fingerprint density at radius 3 is 2.41 bits per heavy atom. The molecule has 0 saturated carbocycles. The maximum absolute atomic E-state index is 12.3. The summed E-state index contributed by atoms with van der Waals surface area (Å²) in [4.78, 5) is 25.9. The van der Waals surface area contributed by atoms with E-state index in [1.165, 1.54) is 0 Å². The van der Waals surface area contributed by atoms with E-state index in [-0.39, 0.29) is 17.7 Å². The molecule has 2 aromatic rings. The van der Waals surface area contributed by atoms with Gasteiger partial charge in [-0.2, -0.15) is 0 Å². The summed E-state index contributed by atoms with van der Waals surface area (Å²) in [6, 6.07) is 15.2. The van der Waals surface area contributed by atoms with Crippen LogP contribution in [0.15, 0.2) is 48.5 Å². The minimum atomic E-state index is -0.194. The number of carbonyl (C=O) groups is 2. The Bertz CT molecular complexity index is 796. The predicted octanol–water partition coefficient (Wildman–Crippen LogP) is 2.15. The van der Waals surface area contributed by atoms with Gasteiger partial charge in [-0.25, -0.2) is 0 Å². The number of piperidine rings is 1. The van der Waals surface area contributed by atoms with Gasteiger partial charge in [-0.3, -0.25) is 14.5 Å². The first-order valence-corrected chi connectivity index (χ1v) is 9.24. The van der Waals surface area contributed by atoms with E-state index in [1.54, 1.807) is 12.1 Å². The maximum atomic E-state index is 12.3. The predicted molar refractivity (Wildman–Crippen MR) is 107 cm³/mol. The van der Waals surface area contributed by atoms with Gasteiger partial charge in [0.15, 0.2) is 0 Å². The van der Waals surface area contributed by atoms with E-state index in [1.807, 2.05) is 30.3 Å². The van der Waals surface area contributed by atoms with E-state index in [2.05, 4.69) is 16.3 Å².